The summed E-state index contributed by atoms with van der Waals surface area (Å²) in [5.74, 6) is 1.64. The summed E-state index contributed by atoms with van der Waals surface area (Å²) in [4.78, 5) is 4.01. The Morgan fingerprint density at radius 2 is 2.00 bits per heavy atom. The van der Waals surface area contributed by atoms with Crippen molar-refractivity contribution in [2.75, 3.05) is 7.11 Å². The average Bonchev–Trinajstić information content (AvgIpc) is 2.84. The molecule has 0 aliphatic rings. The van der Waals surface area contributed by atoms with Crippen LogP contribution in [-0.2, 0) is 0 Å². The molecule has 0 amide bonds. The van der Waals surface area contributed by atoms with Crippen molar-refractivity contribution in [3.05, 3.63) is 47.4 Å². The van der Waals surface area contributed by atoms with E-state index in [0.29, 0.717) is 0 Å². The Balaban J connectivity index is 2.27. The Morgan fingerprint density at radius 1 is 1.22 bits per heavy atom. The number of nitrogens with zero attached hydrogens (tertiary/aromatic N) is 1. The van der Waals surface area contributed by atoms with Crippen LogP contribution >= 0.6 is 15.9 Å². The smallest absolute Gasteiger partial charge is 0.142 e. The number of aromatic nitrogens is 1. The van der Waals surface area contributed by atoms with E-state index >= 15 is 0 Å². The zero-order chi connectivity index (χ0) is 12.5. The van der Waals surface area contributed by atoms with Crippen molar-refractivity contribution in [1.82, 2.24) is 4.98 Å². The summed E-state index contributed by atoms with van der Waals surface area (Å²) >= 11 is 3.56. The Hall–Kier alpha value is -1.81. The first-order valence-corrected chi connectivity index (χ1v) is 6.24. The first kappa shape index (κ1) is 11.3. The van der Waals surface area contributed by atoms with Crippen molar-refractivity contribution in [1.29, 1.82) is 0 Å². The molecular weight excluding hydrogens is 294 g/mol. The molecule has 0 spiro atoms. The van der Waals surface area contributed by atoms with Gasteiger partial charge in [0, 0.05) is 33.2 Å². The molecule has 3 rings (SSSR count). The fourth-order valence-corrected chi connectivity index (χ4v) is 2.58. The van der Waals surface area contributed by atoms with E-state index in [1.165, 1.54) is 0 Å². The van der Waals surface area contributed by atoms with E-state index in [1.807, 2.05) is 24.3 Å². The Morgan fingerprint density at radius 3 is 2.72 bits per heavy atom. The van der Waals surface area contributed by atoms with E-state index in [9.17, 15) is 0 Å². The first-order chi connectivity index (χ1) is 8.79. The SMILES string of the molecule is COc1cc(Br)c2c(-c3ccncc3)occ2c1. The fourth-order valence-electron chi connectivity index (χ4n) is 1.95. The summed E-state index contributed by atoms with van der Waals surface area (Å²) in [6.45, 7) is 0. The van der Waals surface area contributed by atoms with Crippen LogP contribution in [0, 0.1) is 0 Å². The third kappa shape index (κ3) is 1.78. The second kappa shape index (κ2) is 4.46. The molecule has 18 heavy (non-hydrogen) atoms. The third-order valence-electron chi connectivity index (χ3n) is 2.80. The van der Waals surface area contributed by atoms with Crippen molar-refractivity contribution in [2.24, 2.45) is 0 Å². The number of ether oxygens (including phenoxy) is 1. The molecule has 3 aromatic rings. The summed E-state index contributed by atoms with van der Waals surface area (Å²) in [6, 6.07) is 7.74. The minimum atomic E-state index is 0.802. The fraction of sp³-hybridized carbons (Fsp3) is 0.0714. The Labute approximate surface area is 113 Å². The monoisotopic (exact) mass is 303 g/mol. The highest BCUT2D eigenvalue weighted by Gasteiger charge is 2.13. The molecule has 0 bridgehead atoms. The van der Waals surface area contributed by atoms with Crippen LogP contribution in [0.15, 0.2) is 51.8 Å². The van der Waals surface area contributed by atoms with E-state index in [0.717, 1.165) is 32.3 Å². The maximum Gasteiger partial charge on any atom is 0.142 e. The molecule has 0 unspecified atom stereocenters. The van der Waals surface area contributed by atoms with E-state index in [1.54, 1.807) is 25.8 Å². The minimum Gasteiger partial charge on any atom is -0.497 e. The molecule has 0 saturated carbocycles. The van der Waals surface area contributed by atoms with E-state index in [2.05, 4.69) is 20.9 Å². The molecule has 0 N–H and O–H groups in total. The Bertz CT molecular complexity index is 692. The molecule has 0 radical (unpaired) electrons. The van der Waals surface area contributed by atoms with Gasteiger partial charge in [-0.05, 0) is 40.2 Å². The number of hydrogen-bond acceptors (Lipinski definition) is 3. The molecule has 3 nitrogen and oxygen atoms in total. The lowest BCUT2D eigenvalue weighted by atomic mass is 10.1. The molecule has 0 atom stereocenters. The number of pyridine rings is 1. The molecule has 0 aliphatic heterocycles. The molecule has 1 aromatic carbocycles. The Kier molecular flexibility index (Phi) is 2.80. The first-order valence-electron chi connectivity index (χ1n) is 5.44. The molecule has 0 aliphatic carbocycles. The van der Waals surface area contributed by atoms with E-state index in [-0.39, 0.29) is 0 Å². The highest BCUT2D eigenvalue weighted by atomic mass is 79.9. The van der Waals surface area contributed by atoms with Gasteiger partial charge in [0.1, 0.15) is 11.5 Å². The molecule has 2 aromatic heterocycles. The number of methoxy groups -OCH3 is 1. The van der Waals surface area contributed by atoms with Crippen LogP contribution in [-0.4, -0.2) is 12.1 Å². The van der Waals surface area contributed by atoms with E-state index in [4.69, 9.17) is 9.15 Å². The van der Waals surface area contributed by atoms with E-state index < -0.39 is 0 Å². The second-order valence-electron chi connectivity index (χ2n) is 3.87. The van der Waals surface area contributed by atoms with Gasteiger partial charge in [-0.1, -0.05) is 0 Å². The number of fused-ring (bicyclic) bond motifs is 1. The molecule has 4 heteroatoms. The van der Waals surface area contributed by atoms with Gasteiger partial charge < -0.3 is 9.15 Å². The van der Waals surface area contributed by atoms with Crippen LogP contribution in [0.4, 0.5) is 0 Å². The second-order valence-corrected chi connectivity index (χ2v) is 4.73. The van der Waals surface area contributed by atoms with Gasteiger partial charge in [-0.15, -0.1) is 0 Å². The summed E-state index contributed by atoms with van der Waals surface area (Å²) in [6.07, 6.45) is 5.24. The number of rotatable bonds is 2. The van der Waals surface area contributed by atoms with Crippen molar-refractivity contribution < 1.29 is 9.15 Å². The summed E-state index contributed by atoms with van der Waals surface area (Å²) in [5.41, 5.74) is 1.01. The summed E-state index contributed by atoms with van der Waals surface area (Å²) < 4.78 is 11.9. The minimum absolute atomic E-state index is 0.802. The number of furan rings is 1. The van der Waals surface area contributed by atoms with Crippen LogP contribution in [0.2, 0.25) is 0 Å². The van der Waals surface area contributed by atoms with Gasteiger partial charge in [-0.2, -0.15) is 0 Å². The topological polar surface area (TPSA) is 35.3 Å². The van der Waals surface area contributed by atoms with Crippen LogP contribution in [0.5, 0.6) is 5.75 Å². The highest BCUT2D eigenvalue weighted by molar-refractivity contribution is 9.10. The van der Waals surface area contributed by atoms with Gasteiger partial charge in [-0.25, -0.2) is 0 Å². The number of halogens is 1. The van der Waals surface area contributed by atoms with Gasteiger partial charge >= 0.3 is 0 Å². The van der Waals surface area contributed by atoms with Crippen molar-refractivity contribution in [3.8, 4) is 17.1 Å². The van der Waals surface area contributed by atoms with Crippen LogP contribution in [0.25, 0.3) is 22.1 Å². The largest absolute Gasteiger partial charge is 0.497 e. The van der Waals surface area contributed by atoms with Gasteiger partial charge in [0.25, 0.3) is 0 Å². The maximum atomic E-state index is 5.67. The number of benzene rings is 1. The standard InChI is InChI=1S/C14H10BrNO2/c1-17-11-6-10-8-18-14(13(10)12(15)7-11)9-2-4-16-5-3-9/h2-8H,1H3. The van der Waals surface area contributed by atoms with Gasteiger partial charge in [0.15, 0.2) is 0 Å². The molecular formula is C14H10BrNO2. The quantitative estimate of drug-likeness (QED) is 0.709. The zero-order valence-electron chi connectivity index (χ0n) is 9.68. The molecule has 0 saturated heterocycles. The van der Waals surface area contributed by atoms with Crippen LogP contribution in [0.1, 0.15) is 0 Å². The zero-order valence-corrected chi connectivity index (χ0v) is 11.3. The summed E-state index contributed by atoms with van der Waals surface area (Å²) in [5, 5.41) is 2.05. The molecule has 90 valence electrons. The van der Waals surface area contributed by atoms with Crippen LogP contribution in [0.3, 0.4) is 0 Å². The predicted molar refractivity (Wildman–Crippen MR) is 73.7 cm³/mol. The lowest BCUT2D eigenvalue weighted by Crippen LogP contribution is -1.83. The lowest BCUT2D eigenvalue weighted by molar-refractivity contribution is 0.415. The maximum absolute atomic E-state index is 5.67. The van der Waals surface area contributed by atoms with Crippen LogP contribution < -0.4 is 4.74 Å². The van der Waals surface area contributed by atoms with Crippen molar-refractivity contribution >= 4 is 26.7 Å². The van der Waals surface area contributed by atoms with Gasteiger partial charge in [-0.3, -0.25) is 4.98 Å². The average molecular weight is 304 g/mol. The van der Waals surface area contributed by atoms with Gasteiger partial charge in [0.2, 0.25) is 0 Å². The van der Waals surface area contributed by atoms with Crippen molar-refractivity contribution in [2.45, 2.75) is 0 Å². The molecule has 0 fully saturated rings. The normalized spacial score (nSPS) is 10.8. The predicted octanol–water partition coefficient (Wildman–Crippen LogP) is 4.27. The van der Waals surface area contributed by atoms with Crippen molar-refractivity contribution in [3.63, 3.8) is 0 Å². The highest BCUT2D eigenvalue weighted by Crippen LogP contribution is 2.37. The van der Waals surface area contributed by atoms with Gasteiger partial charge in [0.05, 0.1) is 13.4 Å². The lowest BCUT2D eigenvalue weighted by Gasteiger charge is -2.03. The molecule has 2 heterocycles. The summed E-state index contributed by atoms with van der Waals surface area (Å²) in [7, 11) is 1.65. The third-order valence-corrected chi connectivity index (χ3v) is 3.43. The number of hydrogen-bond donors (Lipinski definition) is 0.